The van der Waals surface area contributed by atoms with Crippen molar-refractivity contribution >= 4 is 11.5 Å². The molecule has 21 heavy (non-hydrogen) atoms. The molecule has 0 spiro atoms. The van der Waals surface area contributed by atoms with Crippen LogP contribution in [0.15, 0.2) is 66.7 Å². The number of carbonyl (C=O) groups excluding carboxylic acids is 1. The summed E-state index contributed by atoms with van der Waals surface area (Å²) in [6, 6.07) is 15.7. The van der Waals surface area contributed by atoms with Crippen LogP contribution in [0.25, 0.3) is 0 Å². The number of nitrogens with zero attached hydrogens (tertiary/aromatic N) is 1. The van der Waals surface area contributed by atoms with Crippen molar-refractivity contribution in [2.75, 3.05) is 0 Å². The van der Waals surface area contributed by atoms with Crippen LogP contribution < -0.4 is 0 Å². The summed E-state index contributed by atoms with van der Waals surface area (Å²) >= 11 is 0. The highest BCUT2D eigenvalue weighted by molar-refractivity contribution is 6.01. The summed E-state index contributed by atoms with van der Waals surface area (Å²) in [5, 5.41) is 10.8. The maximum Gasteiger partial charge on any atom is 0.270 e. The first-order valence-corrected chi connectivity index (χ1v) is 6.69. The van der Waals surface area contributed by atoms with Crippen molar-refractivity contribution < 1.29 is 9.72 Å². The molecule has 4 heteroatoms. The molecule has 104 valence electrons. The summed E-state index contributed by atoms with van der Waals surface area (Å²) in [6.07, 6.45) is 3.86. The Morgan fingerprint density at radius 2 is 1.76 bits per heavy atom. The van der Waals surface area contributed by atoms with Gasteiger partial charge in [0.25, 0.3) is 5.69 Å². The molecule has 1 aliphatic rings. The van der Waals surface area contributed by atoms with Crippen LogP contribution in [-0.4, -0.2) is 10.7 Å². The van der Waals surface area contributed by atoms with Crippen molar-refractivity contribution in [1.82, 2.24) is 0 Å². The molecule has 0 heterocycles. The predicted octanol–water partition coefficient (Wildman–Crippen LogP) is 3.75. The van der Waals surface area contributed by atoms with Crippen molar-refractivity contribution in [1.29, 1.82) is 0 Å². The fraction of sp³-hybridized carbons (Fsp3) is 0.118. The van der Waals surface area contributed by atoms with Gasteiger partial charge in [-0.15, -0.1) is 0 Å². The molecule has 0 saturated heterocycles. The second-order valence-electron chi connectivity index (χ2n) is 5.02. The van der Waals surface area contributed by atoms with Gasteiger partial charge in [0.2, 0.25) is 0 Å². The van der Waals surface area contributed by atoms with Gasteiger partial charge in [0.1, 0.15) is 0 Å². The summed E-state index contributed by atoms with van der Waals surface area (Å²) in [5.41, 5.74) is 1.42. The monoisotopic (exact) mass is 279 g/mol. The fourth-order valence-corrected chi connectivity index (χ4v) is 2.54. The highest BCUT2D eigenvalue weighted by Crippen LogP contribution is 2.37. The number of hydrogen-bond donors (Lipinski definition) is 0. The molecule has 0 saturated carbocycles. The molecule has 0 fully saturated rings. The number of rotatable bonds is 4. The van der Waals surface area contributed by atoms with Gasteiger partial charge in [-0.3, -0.25) is 14.9 Å². The third kappa shape index (κ3) is 2.48. The lowest BCUT2D eigenvalue weighted by Crippen LogP contribution is -2.25. The molecule has 1 aliphatic carbocycles. The SMILES string of the molecule is O=C(c1cccc([N+](=O)[O-])c1)[C@@H]1C=C[C@@H]1c1ccccc1. The zero-order chi connectivity index (χ0) is 14.8. The Hall–Kier alpha value is -2.75. The third-order valence-corrected chi connectivity index (χ3v) is 3.74. The summed E-state index contributed by atoms with van der Waals surface area (Å²) in [7, 11) is 0. The van der Waals surface area contributed by atoms with Crippen molar-refractivity contribution in [2.24, 2.45) is 5.92 Å². The van der Waals surface area contributed by atoms with Crippen molar-refractivity contribution in [3.05, 3.63) is 88.0 Å². The maximum atomic E-state index is 12.5. The molecule has 4 nitrogen and oxygen atoms in total. The summed E-state index contributed by atoms with van der Waals surface area (Å²) in [4.78, 5) is 22.8. The Morgan fingerprint density at radius 1 is 1.00 bits per heavy atom. The first-order chi connectivity index (χ1) is 10.2. The van der Waals surface area contributed by atoms with E-state index < -0.39 is 4.92 Å². The standard InChI is InChI=1S/C17H13NO3/c19-17(13-7-4-8-14(11-13)18(20)21)16-10-9-15(16)12-5-2-1-3-6-12/h1-11,15-16H/t15-,16-/m1/s1. The van der Waals surface area contributed by atoms with Crippen LogP contribution in [0.1, 0.15) is 21.8 Å². The van der Waals surface area contributed by atoms with Gasteiger partial charge < -0.3 is 0 Å². The number of Topliss-reactive ketones (excluding diaryl/α,β-unsaturated/α-hetero) is 1. The van der Waals surface area contributed by atoms with Crippen molar-refractivity contribution in [3.63, 3.8) is 0 Å². The van der Waals surface area contributed by atoms with E-state index in [4.69, 9.17) is 0 Å². The molecule has 0 radical (unpaired) electrons. The second kappa shape index (κ2) is 5.32. The molecule has 2 atom stereocenters. The van der Waals surface area contributed by atoms with Gasteiger partial charge in [0, 0.05) is 23.6 Å². The minimum Gasteiger partial charge on any atom is -0.293 e. The van der Waals surface area contributed by atoms with E-state index in [1.54, 1.807) is 12.1 Å². The van der Waals surface area contributed by atoms with Gasteiger partial charge in [0.15, 0.2) is 5.78 Å². The van der Waals surface area contributed by atoms with Gasteiger partial charge in [-0.25, -0.2) is 0 Å². The molecule has 0 aromatic heterocycles. The van der Waals surface area contributed by atoms with E-state index >= 15 is 0 Å². The van der Waals surface area contributed by atoms with Crippen LogP contribution in [0.5, 0.6) is 0 Å². The number of nitro benzene ring substituents is 1. The number of hydrogen-bond acceptors (Lipinski definition) is 3. The highest BCUT2D eigenvalue weighted by Gasteiger charge is 2.32. The molecule has 0 unspecified atom stereocenters. The Bertz CT molecular complexity index is 722. The van der Waals surface area contributed by atoms with Gasteiger partial charge in [-0.1, -0.05) is 54.6 Å². The van der Waals surface area contributed by atoms with E-state index in [0.29, 0.717) is 5.56 Å². The highest BCUT2D eigenvalue weighted by atomic mass is 16.6. The van der Waals surface area contributed by atoms with Crippen LogP contribution in [0.3, 0.4) is 0 Å². The number of nitro groups is 1. The Balaban J connectivity index is 1.85. The number of allylic oxidation sites excluding steroid dienone is 2. The minimum absolute atomic E-state index is 0.0537. The molecule has 0 bridgehead atoms. The lowest BCUT2D eigenvalue weighted by Gasteiger charge is -2.28. The van der Waals surface area contributed by atoms with Crippen LogP contribution >= 0.6 is 0 Å². The molecule has 0 amide bonds. The average Bonchev–Trinajstić information content (AvgIpc) is 2.47. The Kier molecular flexibility index (Phi) is 3.36. The Morgan fingerprint density at radius 3 is 2.38 bits per heavy atom. The summed E-state index contributed by atoms with van der Waals surface area (Å²) in [5.74, 6) is -0.262. The average molecular weight is 279 g/mol. The number of carbonyl (C=O) groups is 1. The van der Waals surface area contributed by atoms with E-state index in [0.717, 1.165) is 5.56 Å². The third-order valence-electron chi connectivity index (χ3n) is 3.74. The largest absolute Gasteiger partial charge is 0.293 e. The van der Waals surface area contributed by atoms with Gasteiger partial charge in [0.05, 0.1) is 10.8 Å². The van der Waals surface area contributed by atoms with E-state index in [-0.39, 0.29) is 23.3 Å². The molecular formula is C17H13NO3. The van der Waals surface area contributed by atoms with Crippen molar-refractivity contribution in [2.45, 2.75) is 5.92 Å². The zero-order valence-electron chi connectivity index (χ0n) is 11.2. The molecular weight excluding hydrogens is 266 g/mol. The summed E-state index contributed by atoms with van der Waals surface area (Å²) < 4.78 is 0. The zero-order valence-corrected chi connectivity index (χ0v) is 11.2. The topological polar surface area (TPSA) is 60.2 Å². The molecule has 2 aromatic carbocycles. The van der Waals surface area contributed by atoms with E-state index in [1.807, 2.05) is 42.5 Å². The van der Waals surface area contributed by atoms with Crippen LogP contribution in [0.4, 0.5) is 5.69 Å². The normalized spacial score (nSPS) is 19.8. The fourth-order valence-electron chi connectivity index (χ4n) is 2.54. The number of non-ortho nitro benzene ring substituents is 1. The van der Waals surface area contributed by atoms with Gasteiger partial charge in [-0.05, 0) is 5.56 Å². The van der Waals surface area contributed by atoms with E-state index in [2.05, 4.69) is 0 Å². The van der Waals surface area contributed by atoms with Crippen LogP contribution in [0.2, 0.25) is 0 Å². The van der Waals surface area contributed by atoms with E-state index in [9.17, 15) is 14.9 Å². The van der Waals surface area contributed by atoms with E-state index in [1.165, 1.54) is 12.1 Å². The quantitative estimate of drug-likeness (QED) is 0.370. The van der Waals surface area contributed by atoms with Gasteiger partial charge in [-0.2, -0.15) is 0 Å². The van der Waals surface area contributed by atoms with Gasteiger partial charge >= 0.3 is 0 Å². The smallest absolute Gasteiger partial charge is 0.270 e. The first-order valence-electron chi connectivity index (χ1n) is 6.69. The lowest BCUT2D eigenvalue weighted by molar-refractivity contribution is -0.384. The maximum absolute atomic E-state index is 12.5. The minimum atomic E-state index is -0.484. The molecule has 3 rings (SSSR count). The molecule has 0 N–H and O–H groups in total. The molecule has 0 aliphatic heterocycles. The predicted molar refractivity (Wildman–Crippen MR) is 79.2 cm³/mol. The van der Waals surface area contributed by atoms with Crippen LogP contribution in [0, 0.1) is 16.0 Å². The number of benzene rings is 2. The molecule has 2 aromatic rings. The van der Waals surface area contributed by atoms with Crippen molar-refractivity contribution in [3.8, 4) is 0 Å². The Labute approximate surface area is 121 Å². The first kappa shape index (κ1) is 13.2. The van der Waals surface area contributed by atoms with Crippen LogP contribution in [-0.2, 0) is 0 Å². The lowest BCUT2D eigenvalue weighted by atomic mass is 9.74. The summed E-state index contributed by atoms with van der Waals surface area (Å²) in [6.45, 7) is 0. The number of ketones is 1. The second-order valence-corrected chi connectivity index (χ2v) is 5.02.